The number of halogens is 1. The molecule has 11 heteroatoms. The van der Waals surface area contributed by atoms with E-state index in [2.05, 4.69) is 0 Å². The minimum Gasteiger partial charge on any atom is -0.258 e. The summed E-state index contributed by atoms with van der Waals surface area (Å²) in [5.74, 6) is -1.57. The van der Waals surface area contributed by atoms with Crippen molar-refractivity contribution in [3.8, 4) is 6.07 Å². The third-order valence-corrected chi connectivity index (χ3v) is 5.37. The minimum absolute atomic E-state index is 0.375. The molecule has 20 heavy (non-hydrogen) atoms. The summed E-state index contributed by atoms with van der Waals surface area (Å²) in [6.45, 7) is 0. The highest BCUT2D eigenvalue weighted by molar-refractivity contribution is 8.14. The zero-order valence-corrected chi connectivity index (χ0v) is 12.1. The molecule has 0 aliphatic heterocycles. The van der Waals surface area contributed by atoms with Crippen LogP contribution >= 0.6 is 10.7 Å². The van der Waals surface area contributed by atoms with Crippen LogP contribution in [0.15, 0.2) is 23.1 Å². The van der Waals surface area contributed by atoms with Crippen LogP contribution in [0, 0.1) is 21.4 Å². The zero-order valence-electron chi connectivity index (χ0n) is 9.68. The predicted octanol–water partition coefficient (Wildman–Crippen LogP) is 0.809. The summed E-state index contributed by atoms with van der Waals surface area (Å²) in [4.78, 5) is 9.41. The molecule has 0 heterocycles. The lowest BCUT2D eigenvalue weighted by atomic mass is 10.2. The lowest BCUT2D eigenvalue weighted by Gasteiger charge is -2.03. The van der Waals surface area contributed by atoms with E-state index in [1.54, 1.807) is 0 Å². The Bertz CT molecular complexity index is 794. The van der Waals surface area contributed by atoms with Crippen LogP contribution < -0.4 is 0 Å². The summed E-state index contributed by atoms with van der Waals surface area (Å²) in [6.07, 6.45) is 0. The maximum atomic E-state index is 11.8. The van der Waals surface area contributed by atoms with Crippen molar-refractivity contribution in [2.75, 3.05) is 11.5 Å². The molecule has 0 amide bonds. The first-order valence-electron chi connectivity index (χ1n) is 4.90. The second kappa shape index (κ2) is 5.74. The lowest BCUT2D eigenvalue weighted by molar-refractivity contribution is -0.385. The molecule has 108 valence electrons. The van der Waals surface area contributed by atoms with Gasteiger partial charge in [0.15, 0.2) is 9.84 Å². The number of hydrogen-bond acceptors (Lipinski definition) is 7. The van der Waals surface area contributed by atoms with E-state index in [4.69, 9.17) is 15.9 Å². The van der Waals surface area contributed by atoms with Crippen molar-refractivity contribution in [2.45, 2.75) is 4.90 Å². The SMILES string of the molecule is N#Cc1cc(S(=O)(=O)CCS(=O)(=O)Cl)ccc1[N+](=O)[O-]. The van der Waals surface area contributed by atoms with Crippen LogP contribution in [-0.4, -0.2) is 33.3 Å². The third kappa shape index (κ3) is 4.16. The van der Waals surface area contributed by atoms with Crippen LogP contribution in [0.4, 0.5) is 5.69 Å². The van der Waals surface area contributed by atoms with Gasteiger partial charge in [0.2, 0.25) is 9.05 Å². The summed E-state index contributed by atoms with van der Waals surface area (Å²) in [7, 11) is -3.07. The molecule has 0 aromatic heterocycles. The van der Waals surface area contributed by atoms with E-state index in [9.17, 15) is 26.9 Å². The van der Waals surface area contributed by atoms with E-state index >= 15 is 0 Å². The predicted molar refractivity (Wildman–Crippen MR) is 69.5 cm³/mol. The normalized spacial score (nSPS) is 11.8. The summed E-state index contributed by atoms with van der Waals surface area (Å²) in [5.41, 5.74) is -0.957. The van der Waals surface area contributed by atoms with Gasteiger partial charge in [-0.2, -0.15) is 5.26 Å². The number of nitro groups is 1. The molecule has 8 nitrogen and oxygen atoms in total. The average molecular weight is 339 g/mol. The number of sulfone groups is 1. The van der Waals surface area contributed by atoms with Gasteiger partial charge < -0.3 is 0 Å². The zero-order chi connectivity index (χ0) is 15.6. The Morgan fingerprint density at radius 3 is 2.30 bits per heavy atom. The molecule has 0 radical (unpaired) electrons. The Labute approximate surface area is 119 Å². The standard InChI is InChI=1S/C9H7ClN2O6S2/c10-20(17,18)4-3-19(15,16)8-1-2-9(12(13)14)7(5-8)6-11/h1-2,5H,3-4H2. The molecule has 0 saturated heterocycles. The Kier molecular flexibility index (Phi) is 4.69. The van der Waals surface area contributed by atoms with Crippen LogP contribution in [-0.2, 0) is 18.9 Å². The number of benzene rings is 1. The first-order valence-corrected chi connectivity index (χ1v) is 9.03. The molecule has 0 spiro atoms. The number of nitriles is 1. The van der Waals surface area contributed by atoms with Crippen molar-refractivity contribution in [3.63, 3.8) is 0 Å². The van der Waals surface area contributed by atoms with Crippen LogP contribution in [0.1, 0.15) is 5.56 Å². The van der Waals surface area contributed by atoms with Crippen LogP contribution in [0.2, 0.25) is 0 Å². The van der Waals surface area contributed by atoms with Gasteiger partial charge >= 0.3 is 0 Å². The van der Waals surface area contributed by atoms with Gasteiger partial charge in [-0.3, -0.25) is 10.1 Å². The largest absolute Gasteiger partial charge is 0.287 e. The Morgan fingerprint density at radius 2 is 1.85 bits per heavy atom. The molecule has 0 saturated carbocycles. The summed E-state index contributed by atoms with van der Waals surface area (Å²) < 4.78 is 45.1. The molecule has 0 unspecified atom stereocenters. The highest BCUT2D eigenvalue weighted by atomic mass is 35.7. The van der Waals surface area contributed by atoms with Gasteiger partial charge in [0.1, 0.15) is 11.6 Å². The van der Waals surface area contributed by atoms with Crippen LogP contribution in [0.5, 0.6) is 0 Å². The summed E-state index contributed by atoms with van der Waals surface area (Å²) in [5, 5.41) is 19.4. The van der Waals surface area contributed by atoms with Crippen molar-refractivity contribution in [2.24, 2.45) is 0 Å². The fourth-order valence-corrected chi connectivity index (χ4v) is 4.33. The van der Waals surface area contributed by atoms with E-state index in [-0.39, 0.29) is 4.90 Å². The lowest BCUT2D eigenvalue weighted by Crippen LogP contribution is -2.14. The van der Waals surface area contributed by atoms with Gasteiger partial charge in [0.05, 0.1) is 21.3 Å². The minimum atomic E-state index is -4.01. The smallest absolute Gasteiger partial charge is 0.258 e. The summed E-state index contributed by atoms with van der Waals surface area (Å²) in [6, 6.07) is 4.15. The van der Waals surface area contributed by atoms with Gasteiger partial charge in [-0.15, -0.1) is 0 Å². The maximum absolute atomic E-state index is 11.8. The summed E-state index contributed by atoms with van der Waals surface area (Å²) >= 11 is 0. The molecule has 1 aromatic carbocycles. The van der Waals surface area contributed by atoms with E-state index < -0.39 is 46.6 Å². The maximum Gasteiger partial charge on any atom is 0.287 e. The second-order valence-corrected chi connectivity index (χ2v) is 8.62. The second-order valence-electron chi connectivity index (χ2n) is 3.61. The fraction of sp³-hybridized carbons (Fsp3) is 0.222. The number of nitrogens with zero attached hydrogens (tertiary/aromatic N) is 2. The van der Waals surface area contributed by atoms with Crippen LogP contribution in [0.25, 0.3) is 0 Å². The highest BCUT2D eigenvalue weighted by Crippen LogP contribution is 2.22. The van der Waals surface area contributed by atoms with Crippen molar-refractivity contribution in [3.05, 3.63) is 33.9 Å². The average Bonchev–Trinajstić information content (AvgIpc) is 2.34. The molecule has 0 aliphatic carbocycles. The number of nitro benzene ring substituents is 1. The molecular weight excluding hydrogens is 332 g/mol. The molecule has 0 N–H and O–H groups in total. The molecule has 1 rings (SSSR count). The topological polar surface area (TPSA) is 135 Å². The molecule has 0 aliphatic rings. The van der Waals surface area contributed by atoms with Gasteiger partial charge in [-0.05, 0) is 12.1 Å². The van der Waals surface area contributed by atoms with Gasteiger partial charge in [-0.25, -0.2) is 16.8 Å². The highest BCUT2D eigenvalue weighted by Gasteiger charge is 2.22. The monoisotopic (exact) mass is 338 g/mol. The Balaban J connectivity index is 3.21. The molecule has 0 fully saturated rings. The van der Waals surface area contributed by atoms with Gasteiger partial charge in [0, 0.05) is 16.7 Å². The van der Waals surface area contributed by atoms with Crippen molar-refractivity contribution in [1.29, 1.82) is 5.26 Å². The van der Waals surface area contributed by atoms with Crippen molar-refractivity contribution < 1.29 is 21.8 Å². The van der Waals surface area contributed by atoms with E-state index in [0.29, 0.717) is 0 Å². The molecule has 0 atom stereocenters. The fourth-order valence-electron chi connectivity index (χ4n) is 1.28. The van der Waals surface area contributed by atoms with E-state index in [0.717, 1.165) is 18.2 Å². The Hall–Kier alpha value is -1.70. The van der Waals surface area contributed by atoms with Gasteiger partial charge in [-0.1, -0.05) is 0 Å². The van der Waals surface area contributed by atoms with E-state index in [1.807, 2.05) is 0 Å². The third-order valence-electron chi connectivity index (χ3n) is 2.24. The van der Waals surface area contributed by atoms with Gasteiger partial charge in [0.25, 0.3) is 5.69 Å². The first-order chi connectivity index (χ1) is 9.07. The molecular formula is C9H7ClN2O6S2. The first kappa shape index (κ1) is 16.4. The number of hydrogen-bond donors (Lipinski definition) is 0. The Morgan fingerprint density at radius 1 is 1.25 bits per heavy atom. The van der Waals surface area contributed by atoms with E-state index in [1.165, 1.54) is 6.07 Å². The quantitative estimate of drug-likeness (QED) is 0.440. The number of rotatable bonds is 5. The molecule has 0 bridgehead atoms. The van der Waals surface area contributed by atoms with Crippen molar-refractivity contribution in [1.82, 2.24) is 0 Å². The van der Waals surface area contributed by atoms with Crippen LogP contribution in [0.3, 0.4) is 0 Å². The molecule has 1 aromatic rings. The van der Waals surface area contributed by atoms with Crippen molar-refractivity contribution >= 4 is 35.3 Å².